The molecular weight excluding hydrogens is 322 g/mol. The van der Waals surface area contributed by atoms with Crippen molar-refractivity contribution in [2.45, 2.75) is 82.7 Å². The molecule has 0 amide bonds. The van der Waals surface area contributed by atoms with Crippen LogP contribution in [0.1, 0.15) is 77.2 Å². The minimum atomic E-state index is -0.475. The maximum atomic E-state index is 13.6. The summed E-state index contributed by atoms with van der Waals surface area (Å²) in [5, 5.41) is 0. The second-order valence-electron chi connectivity index (χ2n) is 8.78. The van der Waals surface area contributed by atoms with Gasteiger partial charge in [0.15, 0.2) is 0 Å². The van der Waals surface area contributed by atoms with E-state index in [0.717, 1.165) is 44.1 Å². The van der Waals surface area contributed by atoms with Crippen LogP contribution in [0.15, 0.2) is 30.3 Å². The van der Waals surface area contributed by atoms with Gasteiger partial charge in [-0.2, -0.15) is 0 Å². The second-order valence-corrected chi connectivity index (χ2v) is 8.78. The molecule has 2 N–H and O–H groups in total. The lowest BCUT2D eigenvalue weighted by Gasteiger charge is -2.52. The van der Waals surface area contributed by atoms with E-state index in [1.807, 2.05) is 18.2 Å². The van der Waals surface area contributed by atoms with Crippen molar-refractivity contribution in [1.29, 1.82) is 0 Å². The fraction of sp³-hybridized carbons (Fsp3) is 0.696. The lowest BCUT2D eigenvalue weighted by atomic mass is 9.61. The predicted octanol–water partition coefficient (Wildman–Crippen LogP) is 4.98. The SMILES string of the molecule is CC1C[C@](C)(OC(=O)C2(c3ccccc3)CCCCCCC2)C1CCN. The van der Waals surface area contributed by atoms with Crippen LogP contribution in [0.3, 0.4) is 0 Å². The van der Waals surface area contributed by atoms with Gasteiger partial charge in [0, 0.05) is 5.92 Å². The van der Waals surface area contributed by atoms with Crippen molar-refractivity contribution in [2.75, 3.05) is 6.54 Å². The molecule has 0 heterocycles. The molecular formula is C23H35NO2. The number of benzene rings is 1. The standard InChI is InChI=1S/C23H35NO2/c1-18-17-22(2,20(18)13-16-24)26-21(25)23(19-11-7-6-8-12-19)14-9-4-3-5-10-15-23/h6-8,11-12,18,20H,3-5,9-10,13-17,24H2,1-2H3/t18?,20?,22-/m0/s1. The van der Waals surface area contributed by atoms with Crippen molar-refractivity contribution in [2.24, 2.45) is 17.6 Å². The largest absolute Gasteiger partial charge is 0.458 e. The van der Waals surface area contributed by atoms with Crippen LogP contribution in [0.25, 0.3) is 0 Å². The highest BCUT2D eigenvalue weighted by atomic mass is 16.6. The van der Waals surface area contributed by atoms with E-state index in [9.17, 15) is 4.79 Å². The molecule has 3 nitrogen and oxygen atoms in total. The van der Waals surface area contributed by atoms with Crippen molar-refractivity contribution in [3.05, 3.63) is 35.9 Å². The van der Waals surface area contributed by atoms with Gasteiger partial charge in [0.25, 0.3) is 0 Å². The van der Waals surface area contributed by atoms with Crippen LogP contribution in [-0.4, -0.2) is 18.1 Å². The van der Waals surface area contributed by atoms with E-state index >= 15 is 0 Å². The Kier molecular flexibility index (Phi) is 6.06. The van der Waals surface area contributed by atoms with Crippen molar-refractivity contribution in [1.82, 2.24) is 0 Å². The summed E-state index contributed by atoms with van der Waals surface area (Å²) >= 11 is 0. The molecule has 0 aliphatic heterocycles. The molecule has 2 fully saturated rings. The molecule has 2 aliphatic rings. The first-order chi connectivity index (χ1) is 12.5. The first-order valence-corrected chi connectivity index (χ1v) is 10.5. The van der Waals surface area contributed by atoms with Gasteiger partial charge in [-0.1, -0.05) is 69.4 Å². The third-order valence-electron chi connectivity index (χ3n) is 6.93. The molecule has 2 saturated carbocycles. The fourth-order valence-electron chi connectivity index (χ4n) is 5.45. The molecule has 1 aromatic rings. The zero-order valence-electron chi connectivity index (χ0n) is 16.5. The number of carbonyl (C=O) groups excluding carboxylic acids is 1. The van der Waals surface area contributed by atoms with Crippen LogP contribution < -0.4 is 5.73 Å². The van der Waals surface area contributed by atoms with Crippen LogP contribution in [0, 0.1) is 11.8 Å². The molecule has 0 aromatic heterocycles. The minimum absolute atomic E-state index is 0.00187. The summed E-state index contributed by atoms with van der Waals surface area (Å²) in [6, 6.07) is 10.4. The summed E-state index contributed by atoms with van der Waals surface area (Å²) in [4.78, 5) is 13.6. The zero-order valence-corrected chi connectivity index (χ0v) is 16.5. The monoisotopic (exact) mass is 357 g/mol. The van der Waals surface area contributed by atoms with E-state index in [0.29, 0.717) is 18.4 Å². The van der Waals surface area contributed by atoms with Crippen LogP contribution in [0.5, 0.6) is 0 Å². The van der Waals surface area contributed by atoms with Crippen molar-refractivity contribution < 1.29 is 9.53 Å². The molecule has 3 rings (SSSR count). The highest BCUT2D eigenvalue weighted by Crippen LogP contribution is 2.50. The number of hydrogen-bond donors (Lipinski definition) is 1. The van der Waals surface area contributed by atoms with Gasteiger partial charge in [0.2, 0.25) is 0 Å². The van der Waals surface area contributed by atoms with E-state index in [1.54, 1.807) is 0 Å². The topological polar surface area (TPSA) is 52.3 Å². The summed E-state index contributed by atoms with van der Waals surface area (Å²) in [6.07, 6.45) is 9.61. The Morgan fingerprint density at radius 1 is 1.12 bits per heavy atom. The van der Waals surface area contributed by atoms with Crippen LogP contribution in [0.2, 0.25) is 0 Å². The predicted molar refractivity (Wildman–Crippen MR) is 106 cm³/mol. The van der Waals surface area contributed by atoms with Crippen molar-refractivity contribution in [3.8, 4) is 0 Å². The first-order valence-electron chi connectivity index (χ1n) is 10.5. The van der Waals surface area contributed by atoms with Gasteiger partial charge in [-0.15, -0.1) is 0 Å². The van der Waals surface area contributed by atoms with E-state index < -0.39 is 5.41 Å². The molecule has 26 heavy (non-hydrogen) atoms. The van der Waals surface area contributed by atoms with Gasteiger partial charge in [0.05, 0.1) is 5.41 Å². The highest BCUT2D eigenvalue weighted by Gasteiger charge is 2.53. The van der Waals surface area contributed by atoms with Crippen molar-refractivity contribution in [3.63, 3.8) is 0 Å². The lowest BCUT2D eigenvalue weighted by Crippen LogP contribution is -2.56. The number of carbonyl (C=O) groups is 1. The average Bonchev–Trinajstić information content (AvgIpc) is 2.60. The molecule has 1 aromatic carbocycles. The van der Waals surface area contributed by atoms with Crippen LogP contribution in [-0.2, 0) is 14.9 Å². The molecule has 2 unspecified atom stereocenters. The third kappa shape index (κ3) is 3.69. The van der Waals surface area contributed by atoms with E-state index in [1.165, 1.54) is 19.3 Å². The van der Waals surface area contributed by atoms with Crippen molar-refractivity contribution >= 4 is 5.97 Å². The maximum Gasteiger partial charge on any atom is 0.317 e. The summed E-state index contributed by atoms with van der Waals surface area (Å²) < 4.78 is 6.31. The zero-order chi connectivity index (χ0) is 18.6. The number of nitrogens with two attached hydrogens (primary N) is 1. The molecule has 0 saturated heterocycles. The molecule has 144 valence electrons. The third-order valence-corrected chi connectivity index (χ3v) is 6.93. The summed E-state index contributed by atoms with van der Waals surface area (Å²) in [7, 11) is 0. The minimum Gasteiger partial charge on any atom is -0.458 e. The molecule has 0 radical (unpaired) electrons. The van der Waals surface area contributed by atoms with Crippen LogP contribution in [0.4, 0.5) is 0 Å². The average molecular weight is 358 g/mol. The Labute approximate surface area is 158 Å². The maximum absolute atomic E-state index is 13.6. The smallest absolute Gasteiger partial charge is 0.317 e. The Morgan fingerprint density at radius 2 is 1.73 bits per heavy atom. The Balaban J connectivity index is 1.86. The van der Waals surface area contributed by atoms with E-state index in [-0.39, 0.29) is 11.6 Å². The Hall–Kier alpha value is -1.35. The fourth-order valence-corrected chi connectivity index (χ4v) is 5.45. The Morgan fingerprint density at radius 3 is 2.31 bits per heavy atom. The highest BCUT2D eigenvalue weighted by molar-refractivity contribution is 5.83. The number of esters is 1. The lowest BCUT2D eigenvalue weighted by molar-refractivity contribution is -0.197. The first kappa shape index (κ1) is 19.4. The Bertz CT molecular complexity index is 591. The molecule has 0 bridgehead atoms. The second kappa shape index (κ2) is 8.12. The van der Waals surface area contributed by atoms with Gasteiger partial charge in [-0.05, 0) is 50.6 Å². The molecule has 0 spiro atoms. The summed E-state index contributed by atoms with van der Waals surface area (Å²) in [5.41, 5.74) is 6.13. The number of rotatable bonds is 5. The summed E-state index contributed by atoms with van der Waals surface area (Å²) in [6.45, 7) is 5.03. The van der Waals surface area contributed by atoms with E-state index in [4.69, 9.17) is 10.5 Å². The van der Waals surface area contributed by atoms with E-state index in [2.05, 4.69) is 26.0 Å². The van der Waals surface area contributed by atoms with Gasteiger partial charge in [-0.25, -0.2) is 0 Å². The van der Waals surface area contributed by atoms with Crippen LogP contribution >= 0.6 is 0 Å². The quantitative estimate of drug-likeness (QED) is 0.757. The number of ether oxygens (including phenoxy) is 1. The van der Waals surface area contributed by atoms with Gasteiger partial charge >= 0.3 is 5.97 Å². The molecule has 3 heteroatoms. The van der Waals surface area contributed by atoms with Gasteiger partial charge in [-0.3, -0.25) is 4.79 Å². The number of hydrogen-bond acceptors (Lipinski definition) is 3. The van der Waals surface area contributed by atoms with Gasteiger partial charge in [0.1, 0.15) is 5.60 Å². The molecule has 2 aliphatic carbocycles. The summed E-state index contributed by atoms with van der Waals surface area (Å²) in [5.74, 6) is 0.973. The van der Waals surface area contributed by atoms with Gasteiger partial charge < -0.3 is 10.5 Å². The normalized spacial score (nSPS) is 31.3. The molecule has 3 atom stereocenters.